The van der Waals surface area contributed by atoms with E-state index in [2.05, 4.69) is 26.1 Å². The Labute approximate surface area is 131 Å². The molecule has 120 valence electrons. The van der Waals surface area contributed by atoms with Gasteiger partial charge in [0.05, 0.1) is 5.92 Å². The first-order valence-corrected chi connectivity index (χ1v) is 7.92. The minimum Gasteiger partial charge on any atom is -0.481 e. The first kappa shape index (κ1) is 16.5. The van der Waals surface area contributed by atoms with Crippen LogP contribution in [0.25, 0.3) is 0 Å². The lowest BCUT2D eigenvalue weighted by atomic mass is 9.83. The lowest BCUT2D eigenvalue weighted by molar-refractivity contribution is -0.142. The molecule has 0 heterocycles. The Bertz CT molecular complexity index is 552. The molecule has 4 heteroatoms. The van der Waals surface area contributed by atoms with Crippen molar-refractivity contribution in [2.24, 2.45) is 5.92 Å². The van der Waals surface area contributed by atoms with E-state index in [0.717, 1.165) is 24.0 Å². The number of aliphatic carboxylic acids is 1. The summed E-state index contributed by atoms with van der Waals surface area (Å²) in [6.45, 7) is 6.28. The third kappa shape index (κ3) is 3.87. The first-order valence-electron chi connectivity index (χ1n) is 7.92. The number of carbonyl (C=O) groups excluding carboxylic acids is 1. The molecular formula is C18H25NO3. The smallest absolute Gasteiger partial charge is 0.306 e. The molecule has 2 N–H and O–H groups in total. The third-order valence-electron chi connectivity index (χ3n) is 4.39. The topological polar surface area (TPSA) is 66.4 Å². The summed E-state index contributed by atoms with van der Waals surface area (Å²) in [7, 11) is 0. The molecule has 0 saturated heterocycles. The minimum atomic E-state index is -0.720. The summed E-state index contributed by atoms with van der Waals surface area (Å²) in [6, 6.07) is 7.77. The van der Waals surface area contributed by atoms with Gasteiger partial charge < -0.3 is 10.4 Å². The van der Waals surface area contributed by atoms with Crippen LogP contribution in [0.5, 0.6) is 0 Å². The maximum atomic E-state index is 12.6. The van der Waals surface area contributed by atoms with Gasteiger partial charge in [0.2, 0.25) is 0 Å². The summed E-state index contributed by atoms with van der Waals surface area (Å²) in [6.07, 6.45) is 2.75. The Morgan fingerprint density at radius 3 is 2.23 bits per heavy atom. The molecule has 2 rings (SSSR count). The zero-order valence-corrected chi connectivity index (χ0v) is 13.6. The van der Waals surface area contributed by atoms with Gasteiger partial charge in [-0.2, -0.15) is 0 Å². The predicted molar refractivity (Wildman–Crippen MR) is 86.0 cm³/mol. The van der Waals surface area contributed by atoms with E-state index in [9.17, 15) is 9.59 Å². The van der Waals surface area contributed by atoms with Crippen LogP contribution in [0.15, 0.2) is 24.3 Å². The fourth-order valence-electron chi connectivity index (χ4n) is 3.08. The van der Waals surface area contributed by atoms with Crippen molar-refractivity contribution in [2.45, 2.75) is 57.9 Å². The molecule has 0 spiro atoms. The van der Waals surface area contributed by atoms with E-state index in [1.165, 1.54) is 0 Å². The molecule has 1 aromatic carbocycles. The van der Waals surface area contributed by atoms with Gasteiger partial charge in [-0.1, -0.05) is 39.0 Å². The highest BCUT2D eigenvalue weighted by molar-refractivity contribution is 5.96. The Kier molecular flexibility index (Phi) is 4.89. The third-order valence-corrected chi connectivity index (χ3v) is 4.39. The van der Waals surface area contributed by atoms with Crippen molar-refractivity contribution in [1.82, 2.24) is 5.32 Å². The largest absolute Gasteiger partial charge is 0.481 e. The molecule has 1 aliphatic carbocycles. The second-order valence-corrected chi connectivity index (χ2v) is 7.16. The second-order valence-electron chi connectivity index (χ2n) is 7.16. The van der Waals surface area contributed by atoms with Crippen molar-refractivity contribution in [3.05, 3.63) is 35.4 Å². The number of hydrogen-bond donors (Lipinski definition) is 2. The Balaban J connectivity index is 2.04. The molecule has 0 bridgehead atoms. The number of carbonyl (C=O) groups is 2. The van der Waals surface area contributed by atoms with Crippen LogP contribution < -0.4 is 5.32 Å². The van der Waals surface area contributed by atoms with E-state index in [1.807, 2.05) is 24.3 Å². The normalized spacial score (nSPS) is 22.1. The standard InChI is InChI=1S/C18H25NO3/c1-18(2,3)15-7-5-4-6-14(15)16(20)19-13-10-8-12(9-11-13)17(21)22/h4-7,12-13H,8-11H2,1-3H3,(H,19,20)(H,21,22). The molecule has 22 heavy (non-hydrogen) atoms. The highest BCUT2D eigenvalue weighted by Gasteiger charge is 2.28. The van der Waals surface area contributed by atoms with Gasteiger partial charge in [0.15, 0.2) is 0 Å². The lowest BCUT2D eigenvalue weighted by Gasteiger charge is -2.28. The summed E-state index contributed by atoms with van der Waals surface area (Å²) < 4.78 is 0. The number of carboxylic acids is 1. The second kappa shape index (κ2) is 6.51. The predicted octanol–water partition coefficient (Wildman–Crippen LogP) is 3.36. The quantitative estimate of drug-likeness (QED) is 0.900. The van der Waals surface area contributed by atoms with Gasteiger partial charge in [-0.15, -0.1) is 0 Å². The average molecular weight is 303 g/mol. The highest BCUT2D eigenvalue weighted by Crippen LogP contribution is 2.27. The van der Waals surface area contributed by atoms with Crippen molar-refractivity contribution < 1.29 is 14.7 Å². The van der Waals surface area contributed by atoms with Gasteiger partial charge in [-0.25, -0.2) is 0 Å². The van der Waals surface area contributed by atoms with E-state index in [0.29, 0.717) is 12.8 Å². The van der Waals surface area contributed by atoms with Crippen molar-refractivity contribution in [3.8, 4) is 0 Å². The molecule has 4 nitrogen and oxygen atoms in total. The number of rotatable bonds is 3. The molecule has 0 radical (unpaired) electrons. The minimum absolute atomic E-state index is 0.0516. The summed E-state index contributed by atoms with van der Waals surface area (Å²) in [4.78, 5) is 23.5. The van der Waals surface area contributed by atoms with Gasteiger partial charge in [-0.05, 0) is 42.7 Å². The van der Waals surface area contributed by atoms with E-state index in [4.69, 9.17) is 5.11 Å². The lowest BCUT2D eigenvalue weighted by Crippen LogP contribution is -2.39. The highest BCUT2D eigenvalue weighted by atomic mass is 16.4. The molecule has 0 aliphatic heterocycles. The Hall–Kier alpha value is -1.84. The molecule has 1 aromatic rings. The van der Waals surface area contributed by atoms with Crippen LogP contribution in [-0.2, 0) is 10.2 Å². The number of hydrogen-bond acceptors (Lipinski definition) is 2. The fourth-order valence-corrected chi connectivity index (χ4v) is 3.08. The van der Waals surface area contributed by atoms with Crippen LogP contribution in [0.2, 0.25) is 0 Å². The average Bonchev–Trinajstić information content (AvgIpc) is 2.47. The summed E-state index contributed by atoms with van der Waals surface area (Å²) in [5.74, 6) is -1.03. The van der Waals surface area contributed by atoms with Crippen molar-refractivity contribution >= 4 is 11.9 Å². The molecule has 0 atom stereocenters. The molecule has 1 fully saturated rings. The molecule has 1 amide bonds. The van der Waals surface area contributed by atoms with E-state index in [1.54, 1.807) is 0 Å². The van der Waals surface area contributed by atoms with E-state index in [-0.39, 0.29) is 23.3 Å². The molecule has 1 aliphatic rings. The molecule has 0 aromatic heterocycles. The first-order chi connectivity index (χ1) is 10.3. The van der Waals surface area contributed by atoms with Crippen LogP contribution in [0.4, 0.5) is 0 Å². The maximum absolute atomic E-state index is 12.6. The van der Waals surface area contributed by atoms with Crippen LogP contribution in [0, 0.1) is 5.92 Å². The van der Waals surface area contributed by atoms with Crippen molar-refractivity contribution in [3.63, 3.8) is 0 Å². The van der Waals surface area contributed by atoms with Gasteiger partial charge in [-0.3, -0.25) is 9.59 Å². The van der Waals surface area contributed by atoms with Gasteiger partial charge >= 0.3 is 5.97 Å². The maximum Gasteiger partial charge on any atom is 0.306 e. The van der Waals surface area contributed by atoms with Crippen LogP contribution in [0.1, 0.15) is 62.4 Å². The zero-order valence-electron chi connectivity index (χ0n) is 13.6. The van der Waals surface area contributed by atoms with Gasteiger partial charge in [0.1, 0.15) is 0 Å². The Morgan fingerprint density at radius 2 is 1.68 bits per heavy atom. The van der Waals surface area contributed by atoms with E-state index >= 15 is 0 Å². The fraction of sp³-hybridized carbons (Fsp3) is 0.556. The summed E-state index contributed by atoms with van der Waals surface area (Å²) in [5, 5.41) is 12.1. The number of amides is 1. The van der Waals surface area contributed by atoms with E-state index < -0.39 is 5.97 Å². The van der Waals surface area contributed by atoms with Crippen LogP contribution in [-0.4, -0.2) is 23.0 Å². The SMILES string of the molecule is CC(C)(C)c1ccccc1C(=O)NC1CCC(C(=O)O)CC1. The Morgan fingerprint density at radius 1 is 1.09 bits per heavy atom. The number of nitrogens with one attached hydrogen (secondary N) is 1. The number of carboxylic acid groups (broad SMARTS) is 1. The van der Waals surface area contributed by atoms with Crippen molar-refractivity contribution in [2.75, 3.05) is 0 Å². The molecular weight excluding hydrogens is 278 g/mol. The molecule has 0 unspecified atom stereocenters. The monoisotopic (exact) mass is 303 g/mol. The molecule has 1 saturated carbocycles. The van der Waals surface area contributed by atoms with Gasteiger partial charge in [0.25, 0.3) is 5.91 Å². The van der Waals surface area contributed by atoms with Crippen molar-refractivity contribution in [1.29, 1.82) is 0 Å². The van der Waals surface area contributed by atoms with Crippen LogP contribution in [0.3, 0.4) is 0 Å². The summed E-state index contributed by atoms with van der Waals surface area (Å²) >= 11 is 0. The van der Waals surface area contributed by atoms with Gasteiger partial charge in [0, 0.05) is 11.6 Å². The zero-order chi connectivity index (χ0) is 16.3. The van der Waals surface area contributed by atoms with Crippen LogP contribution >= 0.6 is 0 Å². The number of benzene rings is 1. The summed E-state index contributed by atoms with van der Waals surface area (Å²) in [5.41, 5.74) is 1.66.